The molecular weight excluding hydrogens is 238 g/mol. The van der Waals surface area contributed by atoms with Gasteiger partial charge in [0, 0.05) is 11.8 Å². The van der Waals surface area contributed by atoms with Crippen molar-refractivity contribution in [2.75, 3.05) is 0 Å². The van der Waals surface area contributed by atoms with Crippen LogP contribution in [-0.4, -0.2) is 22.6 Å². The number of halogens is 2. The van der Waals surface area contributed by atoms with Gasteiger partial charge in [0.15, 0.2) is 0 Å². The maximum absolute atomic E-state index is 12.6. The van der Waals surface area contributed by atoms with Crippen molar-refractivity contribution in [1.82, 2.24) is 0 Å². The lowest BCUT2D eigenvalue weighted by atomic mass is 9.62. The standard InChI is InChI=1S/C10H10F2O3S/c11-10(12,16)8(14)15-9-1-4-5(2-9)7(13)6(4)3-9/h4-6,16H,1-3H2. The Morgan fingerprint density at radius 2 is 1.94 bits per heavy atom. The van der Waals surface area contributed by atoms with E-state index < -0.39 is 16.8 Å². The van der Waals surface area contributed by atoms with Crippen LogP contribution in [0.5, 0.6) is 0 Å². The van der Waals surface area contributed by atoms with Crippen molar-refractivity contribution in [2.45, 2.75) is 30.1 Å². The summed E-state index contributed by atoms with van der Waals surface area (Å²) in [5.41, 5.74) is -0.808. The molecule has 3 rings (SSSR count). The molecule has 0 aliphatic heterocycles. The number of esters is 1. The van der Waals surface area contributed by atoms with Crippen molar-refractivity contribution >= 4 is 24.4 Å². The number of carbonyl (C=O) groups excluding carboxylic acids is 2. The fraction of sp³-hybridized carbons (Fsp3) is 0.800. The third-order valence-corrected chi connectivity index (χ3v) is 4.29. The topological polar surface area (TPSA) is 43.4 Å². The van der Waals surface area contributed by atoms with E-state index in [1.54, 1.807) is 0 Å². The van der Waals surface area contributed by atoms with Gasteiger partial charge in [0.05, 0.1) is 0 Å². The smallest absolute Gasteiger partial charge is 0.388 e. The van der Waals surface area contributed by atoms with Crippen LogP contribution in [0.15, 0.2) is 0 Å². The Bertz CT molecular complexity index is 374. The highest BCUT2D eigenvalue weighted by atomic mass is 32.1. The third-order valence-electron chi connectivity index (χ3n) is 4.11. The molecule has 0 amide bonds. The Kier molecular flexibility index (Phi) is 1.82. The molecule has 3 saturated carbocycles. The van der Waals surface area contributed by atoms with E-state index in [1.165, 1.54) is 0 Å². The maximum Gasteiger partial charge on any atom is 0.388 e. The van der Waals surface area contributed by atoms with Crippen LogP contribution in [-0.2, 0) is 14.3 Å². The lowest BCUT2D eigenvalue weighted by molar-refractivity contribution is -0.180. The summed E-state index contributed by atoms with van der Waals surface area (Å²) in [7, 11) is 0. The number of ketones is 1. The molecule has 0 aromatic rings. The molecule has 0 aromatic heterocycles. The molecule has 0 radical (unpaired) electrons. The number of Topliss-reactive ketones (excluding diaryl/α,β-unsaturated/α-hetero) is 1. The second-order valence-corrected chi connectivity index (χ2v) is 5.57. The van der Waals surface area contributed by atoms with E-state index in [4.69, 9.17) is 4.74 Å². The molecule has 3 aliphatic rings. The molecule has 3 fully saturated rings. The molecule has 0 saturated heterocycles. The molecule has 0 spiro atoms. The molecule has 0 N–H and O–H groups in total. The summed E-state index contributed by atoms with van der Waals surface area (Å²) in [5.74, 6) is -1.23. The summed E-state index contributed by atoms with van der Waals surface area (Å²) in [5, 5.41) is -3.75. The van der Waals surface area contributed by atoms with Gasteiger partial charge in [0.1, 0.15) is 11.4 Å². The number of hydrogen-bond donors (Lipinski definition) is 1. The van der Waals surface area contributed by atoms with E-state index in [9.17, 15) is 18.4 Å². The van der Waals surface area contributed by atoms with Gasteiger partial charge >= 0.3 is 11.2 Å². The van der Waals surface area contributed by atoms with Crippen molar-refractivity contribution in [1.29, 1.82) is 0 Å². The summed E-state index contributed by atoms with van der Waals surface area (Å²) in [6.07, 6.45) is 1.40. The molecular formula is C10H10F2O3S. The Balaban J connectivity index is 1.75. The SMILES string of the molecule is O=C1C2CC3(OC(=O)C(F)(F)S)CC1C2C3. The van der Waals surface area contributed by atoms with E-state index in [0.717, 1.165) is 0 Å². The van der Waals surface area contributed by atoms with Gasteiger partial charge < -0.3 is 4.74 Å². The van der Waals surface area contributed by atoms with Crippen molar-refractivity contribution in [2.24, 2.45) is 17.8 Å². The molecule has 16 heavy (non-hydrogen) atoms. The number of hydrogen-bond acceptors (Lipinski definition) is 4. The average Bonchev–Trinajstić information content (AvgIpc) is 2.66. The summed E-state index contributed by atoms with van der Waals surface area (Å²) in [6.45, 7) is 0. The largest absolute Gasteiger partial charge is 0.454 e. The summed E-state index contributed by atoms with van der Waals surface area (Å²) in [6, 6.07) is 0. The fourth-order valence-electron chi connectivity index (χ4n) is 3.51. The normalized spacial score (nSPS) is 44.4. The van der Waals surface area contributed by atoms with E-state index in [-0.39, 0.29) is 23.5 Å². The zero-order valence-electron chi connectivity index (χ0n) is 8.28. The van der Waals surface area contributed by atoms with Crippen LogP contribution in [0.2, 0.25) is 0 Å². The third kappa shape index (κ3) is 1.19. The van der Waals surface area contributed by atoms with Crippen LogP contribution >= 0.6 is 12.6 Å². The first-order valence-corrected chi connectivity index (χ1v) is 5.64. The molecule has 2 atom stereocenters. The number of ether oxygens (including phenoxy) is 1. The first-order valence-electron chi connectivity index (χ1n) is 5.20. The van der Waals surface area contributed by atoms with Crippen molar-refractivity contribution in [3.8, 4) is 0 Å². The zero-order chi connectivity index (χ0) is 11.7. The molecule has 2 unspecified atom stereocenters. The first-order chi connectivity index (χ1) is 7.32. The minimum Gasteiger partial charge on any atom is -0.454 e. The Morgan fingerprint density at radius 3 is 2.38 bits per heavy atom. The Morgan fingerprint density at radius 1 is 1.38 bits per heavy atom. The van der Waals surface area contributed by atoms with Gasteiger partial charge in [-0.15, -0.1) is 0 Å². The van der Waals surface area contributed by atoms with Gasteiger partial charge in [0.25, 0.3) is 0 Å². The van der Waals surface area contributed by atoms with Gasteiger partial charge in [-0.2, -0.15) is 8.78 Å². The minimum absolute atomic E-state index is 0.0555. The summed E-state index contributed by atoms with van der Waals surface area (Å²) >= 11 is 2.89. The van der Waals surface area contributed by atoms with Crippen LogP contribution in [0.4, 0.5) is 8.78 Å². The molecule has 0 heterocycles. The van der Waals surface area contributed by atoms with Crippen molar-refractivity contribution in [3.05, 3.63) is 0 Å². The second-order valence-electron chi connectivity index (χ2n) is 5.01. The van der Waals surface area contributed by atoms with Crippen LogP contribution in [0.1, 0.15) is 19.3 Å². The Hall–Kier alpha value is -0.650. The highest BCUT2D eigenvalue weighted by molar-refractivity contribution is 7.82. The zero-order valence-corrected chi connectivity index (χ0v) is 9.18. The van der Waals surface area contributed by atoms with Gasteiger partial charge in [-0.25, -0.2) is 4.79 Å². The highest BCUT2D eigenvalue weighted by Gasteiger charge is 2.69. The lowest BCUT2D eigenvalue weighted by Crippen LogP contribution is -2.49. The van der Waals surface area contributed by atoms with E-state index in [1.807, 2.05) is 0 Å². The van der Waals surface area contributed by atoms with E-state index in [0.29, 0.717) is 19.3 Å². The molecule has 6 heteroatoms. The molecule has 0 aromatic carbocycles. The predicted octanol–water partition coefficient (Wildman–Crippen LogP) is 1.42. The number of carbonyl (C=O) groups is 2. The quantitative estimate of drug-likeness (QED) is 0.593. The minimum atomic E-state index is -3.75. The molecule has 2 bridgehead atoms. The van der Waals surface area contributed by atoms with Crippen LogP contribution in [0.25, 0.3) is 0 Å². The molecule has 3 aliphatic carbocycles. The highest BCUT2D eigenvalue weighted by Crippen LogP contribution is 2.64. The predicted molar refractivity (Wildman–Crippen MR) is 52.1 cm³/mol. The van der Waals surface area contributed by atoms with Crippen LogP contribution < -0.4 is 0 Å². The summed E-state index contributed by atoms with van der Waals surface area (Å²) < 4.78 is 30.1. The lowest BCUT2D eigenvalue weighted by Gasteiger charge is -2.42. The number of thiol groups is 1. The average molecular weight is 248 g/mol. The number of rotatable bonds is 2. The second kappa shape index (κ2) is 2.78. The van der Waals surface area contributed by atoms with Gasteiger partial charge in [0.2, 0.25) is 0 Å². The Labute approximate surface area is 95.9 Å². The maximum atomic E-state index is 12.6. The van der Waals surface area contributed by atoms with Crippen LogP contribution in [0.3, 0.4) is 0 Å². The fourth-order valence-corrected chi connectivity index (χ4v) is 3.56. The molecule has 3 nitrogen and oxygen atoms in total. The number of fused-ring (bicyclic) bond motifs is 1. The van der Waals surface area contributed by atoms with E-state index >= 15 is 0 Å². The first kappa shape index (κ1) is 10.5. The van der Waals surface area contributed by atoms with Gasteiger partial charge in [-0.05, 0) is 25.2 Å². The van der Waals surface area contributed by atoms with Crippen LogP contribution in [0, 0.1) is 17.8 Å². The number of alkyl halides is 2. The molecule has 88 valence electrons. The monoisotopic (exact) mass is 248 g/mol. The van der Waals surface area contributed by atoms with E-state index in [2.05, 4.69) is 12.6 Å². The van der Waals surface area contributed by atoms with Crippen molar-refractivity contribution in [3.63, 3.8) is 0 Å². The van der Waals surface area contributed by atoms with Crippen molar-refractivity contribution < 1.29 is 23.1 Å². The van der Waals surface area contributed by atoms with Gasteiger partial charge in [-0.1, -0.05) is 12.6 Å². The summed E-state index contributed by atoms with van der Waals surface area (Å²) in [4.78, 5) is 22.5. The van der Waals surface area contributed by atoms with Gasteiger partial charge in [-0.3, -0.25) is 4.79 Å².